The third kappa shape index (κ3) is 3.21. The standard InChI is InChI=1S/C22H22N2O5S/c1-5-29-21(26)18-12(2)23-22-24(17(25)11-30-22)20(18)19-15-10-14(27-3)8-6-13(15)7-9-16(19)28-4/h6-10,20H,5,11H2,1-4H3/t20-/m1/s1. The third-order valence-electron chi connectivity index (χ3n) is 5.20. The van der Waals surface area contributed by atoms with Crippen molar-refractivity contribution < 1.29 is 23.8 Å². The summed E-state index contributed by atoms with van der Waals surface area (Å²) in [4.78, 5) is 32.0. The van der Waals surface area contributed by atoms with Gasteiger partial charge in [0.15, 0.2) is 5.17 Å². The molecule has 4 rings (SSSR count). The maximum atomic E-state index is 13.0. The van der Waals surface area contributed by atoms with Crippen molar-refractivity contribution in [3.8, 4) is 11.5 Å². The Morgan fingerprint density at radius 2 is 2.00 bits per heavy atom. The molecule has 2 aromatic carbocycles. The molecule has 0 unspecified atom stereocenters. The van der Waals surface area contributed by atoms with Crippen LogP contribution in [0.15, 0.2) is 46.6 Å². The number of amides is 1. The van der Waals surface area contributed by atoms with Crippen LogP contribution in [-0.2, 0) is 14.3 Å². The van der Waals surface area contributed by atoms with E-state index in [0.717, 1.165) is 10.8 Å². The predicted molar refractivity (Wildman–Crippen MR) is 116 cm³/mol. The highest BCUT2D eigenvalue weighted by Crippen LogP contribution is 2.46. The van der Waals surface area contributed by atoms with E-state index in [-0.39, 0.29) is 18.3 Å². The average Bonchev–Trinajstić information content (AvgIpc) is 3.11. The summed E-state index contributed by atoms with van der Waals surface area (Å²) < 4.78 is 16.5. The highest BCUT2D eigenvalue weighted by molar-refractivity contribution is 8.15. The van der Waals surface area contributed by atoms with E-state index in [1.807, 2.05) is 30.3 Å². The summed E-state index contributed by atoms with van der Waals surface area (Å²) in [5, 5.41) is 2.35. The molecule has 1 atom stereocenters. The Morgan fingerprint density at radius 3 is 2.70 bits per heavy atom. The van der Waals surface area contributed by atoms with Crippen molar-refractivity contribution in [3.63, 3.8) is 0 Å². The number of hydrogen-bond donors (Lipinski definition) is 0. The van der Waals surface area contributed by atoms with Crippen LogP contribution in [0, 0.1) is 0 Å². The number of esters is 1. The van der Waals surface area contributed by atoms with Crippen molar-refractivity contribution in [2.75, 3.05) is 26.6 Å². The molecule has 0 N–H and O–H groups in total. The lowest BCUT2D eigenvalue weighted by Crippen LogP contribution is -2.40. The first-order valence-corrected chi connectivity index (χ1v) is 10.5. The number of carbonyl (C=O) groups is 2. The number of carbonyl (C=O) groups excluding carboxylic acids is 2. The molecule has 2 heterocycles. The number of fused-ring (bicyclic) bond motifs is 2. The Labute approximate surface area is 178 Å². The Morgan fingerprint density at radius 1 is 1.23 bits per heavy atom. The minimum Gasteiger partial charge on any atom is -0.497 e. The summed E-state index contributed by atoms with van der Waals surface area (Å²) in [5.41, 5.74) is 1.58. The average molecular weight is 426 g/mol. The molecule has 0 aliphatic carbocycles. The molecular formula is C22H22N2O5S. The maximum Gasteiger partial charge on any atom is 0.338 e. The molecule has 0 spiro atoms. The predicted octanol–water partition coefficient (Wildman–Crippen LogP) is 3.68. The van der Waals surface area contributed by atoms with Crippen LogP contribution in [0.5, 0.6) is 11.5 Å². The number of ether oxygens (including phenoxy) is 3. The number of nitrogens with zero attached hydrogens (tertiary/aromatic N) is 2. The zero-order chi connectivity index (χ0) is 21.4. The van der Waals surface area contributed by atoms with Crippen molar-refractivity contribution >= 4 is 39.6 Å². The second-order valence-electron chi connectivity index (χ2n) is 6.84. The topological polar surface area (TPSA) is 77.4 Å². The summed E-state index contributed by atoms with van der Waals surface area (Å²) in [6.45, 7) is 3.74. The smallest absolute Gasteiger partial charge is 0.338 e. The monoisotopic (exact) mass is 426 g/mol. The van der Waals surface area contributed by atoms with E-state index in [2.05, 4.69) is 4.99 Å². The van der Waals surface area contributed by atoms with E-state index in [0.29, 0.717) is 33.5 Å². The number of hydrogen-bond acceptors (Lipinski definition) is 7. The second-order valence-corrected chi connectivity index (χ2v) is 7.78. The normalized spacial score (nSPS) is 18.4. The Bertz CT molecular complexity index is 1100. The van der Waals surface area contributed by atoms with Gasteiger partial charge in [0, 0.05) is 5.56 Å². The van der Waals surface area contributed by atoms with Crippen molar-refractivity contribution in [2.24, 2.45) is 4.99 Å². The lowest BCUT2D eigenvalue weighted by Gasteiger charge is -2.34. The van der Waals surface area contributed by atoms with Crippen LogP contribution >= 0.6 is 11.8 Å². The fourth-order valence-electron chi connectivity index (χ4n) is 3.87. The zero-order valence-corrected chi connectivity index (χ0v) is 18.0. The highest BCUT2D eigenvalue weighted by atomic mass is 32.2. The molecule has 2 aliphatic rings. The molecule has 30 heavy (non-hydrogen) atoms. The molecule has 156 valence electrons. The number of aliphatic imine (C=N–C) groups is 1. The van der Waals surface area contributed by atoms with Crippen LogP contribution in [0.25, 0.3) is 10.8 Å². The number of amidine groups is 1. The Kier molecular flexibility index (Phi) is 5.42. The number of methoxy groups -OCH3 is 2. The Hall–Kier alpha value is -3.00. The molecule has 7 nitrogen and oxygen atoms in total. The molecule has 2 aromatic rings. The van der Waals surface area contributed by atoms with Crippen molar-refractivity contribution in [1.29, 1.82) is 0 Å². The van der Waals surface area contributed by atoms with Gasteiger partial charge in [-0.25, -0.2) is 9.79 Å². The quantitative estimate of drug-likeness (QED) is 0.679. The van der Waals surface area contributed by atoms with Crippen molar-refractivity contribution in [1.82, 2.24) is 4.90 Å². The van der Waals surface area contributed by atoms with E-state index >= 15 is 0 Å². The molecule has 0 saturated carbocycles. The summed E-state index contributed by atoms with van der Waals surface area (Å²) >= 11 is 1.36. The maximum absolute atomic E-state index is 13.0. The van der Waals surface area contributed by atoms with E-state index in [1.54, 1.807) is 33.0 Å². The first-order chi connectivity index (χ1) is 14.5. The van der Waals surface area contributed by atoms with Gasteiger partial charge in [-0.1, -0.05) is 23.9 Å². The minimum atomic E-state index is -0.704. The van der Waals surface area contributed by atoms with Crippen LogP contribution in [0.1, 0.15) is 25.5 Å². The first kappa shape index (κ1) is 20.3. The van der Waals surface area contributed by atoms with Crippen LogP contribution < -0.4 is 9.47 Å². The van der Waals surface area contributed by atoms with Gasteiger partial charge in [0.2, 0.25) is 5.91 Å². The molecule has 2 aliphatic heterocycles. The van der Waals surface area contributed by atoms with Gasteiger partial charge in [-0.15, -0.1) is 0 Å². The fraction of sp³-hybridized carbons (Fsp3) is 0.318. The number of rotatable bonds is 5. The van der Waals surface area contributed by atoms with Gasteiger partial charge in [0.1, 0.15) is 17.5 Å². The number of benzene rings is 2. The molecule has 0 aromatic heterocycles. The summed E-state index contributed by atoms with van der Waals surface area (Å²) in [6.07, 6.45) is 0. The molecule has 8 heteroatoms. The second kappa shape index (κ2) is 8.02. The van der Waals surface area contributed by atoms with E-state index in [4.69, 9.17) is 14.2 Å². The molecule has 1 amide bonds. The van der Waals surface area contributed by atoms with Crippen molar-refractivity contribution in [2.45, 2.75) is 19.9 Å². The summed E-state index contributed by atoms with van der Waals surface area (Å²) in [7, 11) is 3.17. The number of thioether (sulfide) groups is 1. The lowest BCUT2D eigenvalue weighted by molar-refractivity contribution is -0.139. The van der Waals surface area contributed by atoms with E-state index in [1.165, 1.54) is 11.8 Å². The lowest BCUT2D eigenvalue weighted by atomic mass is 9.89. The van der Waals surface area contributed by atoms with Crippen LogP contribution in [0.3, 0.4) is 0 Å². The van der Waals surface area contributed by atoms with E-state index < -0.39 is 12.0 Å². The van der Waals surface area contributed by atoms with Gasteiger partial charge >= 0.3 is 5.97 Å². The van der Waals surface area contributed by atoms with Crippen molar-refractivity contribution in [3.05, 3.63) is 47.2 Å². The Balaban J connectivity index is 2.04. The van der Waals surface area contributed by atoms with Gasteiger partial charge in [0.25, 0.3) is 0 Å². The van der Waals surface area contributed by atoms with Gasteiger partial charge in [-0.05, 0) is 42.8 Å². The van der Waals surface area contributed by atoms with E-state index in [9.17, 15) is 9.59 Å². The first-order valence-electron chi connectivity index (χ1n) is 9.56. The highest BCUT2D eigenvalue weighted by Gasteiger charge is 2.45. The summed E-state index contributed by atoms with van der Waals surface area (Å²) in [5.74, 6) is 0.910. The molecule has 1 fully saturated rings. The van der Waals surface area contributed by atoms with Crippen LogP contribution in [-0.4, -0.2) is 48.5 Å². The van der Waals surface area contributed by atoms with Crippen LogP contribution in [0.4, 0.5) is 0 Å². The van der Waals surface area contributed by atoms with Gasteiger partial charge < -0.3 is 14.2 Å². The third-order valence-corrected chi connectivity index (χ3v) is 6.14. The SMILES string of the molecule is CCOC(=O)C1=C(C)N=C2SCC(=O)N2[C@H]1c1c(OC)ccc2ccc(OC)cc12. The van der Waals surface area contributed by atoms with Crippen LogP contribution in [0.2, 0.25) is 0 Å². The molecule has 0 radical (unpaired) electrons. The molecule has 1 saturated heterocycles. The summed E-state index contributed by atoms with van der Waals surface area (Å²) in [6, 6.07) is 8.79. The number of allylic oxidation sites excluding steroid dienone is 1. The molecule has 0 bridgehead atoms. The van der Waals surface area contributed by atoms with Gasteiger partial charge in [-0.3, -0.25) is 9.69 Å². The zero-order valence-electron chi connectivity index (χ0n) is 17.2. The fourth-order valence-corrected chi connectivity index (χ4v) is 4.81. The van der Waals surface area contributed by atoms with Gasteiger partial charge in [0.05, 0.1) is 37.8 Å². The van der Waals surface area contributed by atoms with Gasteiger partial charge in [-0.2, -0.15) is 0 Å². The largest absolute Gasteiger partial charge is 0.497 e. The minimum absolute atomic E-state index is 0.111. The molecular weight excluding hydrogens is 404 g/mol.